The molecule has 1 aliphatic rings. The molecule has 6 nitrogen and oxygen atoms in total. The molecule has 4 rings (SSSR count). The van der Waals surface area contributed by atoms with Gasteiger partial charge in [0.05, 0.1) is 19.8 Å². The van der Waals surface area contributed by atoms with E-state index in [0.717, 1.165) is 36.3 Å². The number of nitrogens with one attached hydrogen (secondary N) is 1. The van der Waals surface area contributed by atoms with Crippen molar-refractivity contribution in [3.63, 3.8) is 0 Å². The molecule has 31 heavy (non-hydrogen) atoms. The number of carbonyl (C=O) groups is 1. The molecule has 1 amide bonds. The summed E-state index contributed by atoms with van der Waals surface area (Å²) in [6, 6.07) is 17.0. The Morgan fingerprint density at radius 1 is 1.19 bits per heavy atom. The van der Waals surface area contributed by atoms with Crippen molar-refractivity contribution in [1.82, 2.24) is 4.57 Å². The molecule has 3 aromatic rings. The second-order valence-corrected chi connectivity index (χ2v) is 7.70. The number of hydrogen-bond donors (Lipinski definition) is 1. The van der Waals surface area contributed by atoms with Gasteiger partial charge in [-0.25, -0.2) is 0 Å². The number of nitrogens with zero attached hydrogens (tertiary/aromatic N) is 1. The summed E-state index contributed by atoms with van der Waals surface area (Å²) >= 11 is 0. The summed E-state index contributed by atoms with van der Waals surface area (Å²) in [6.07, 6.45) is 3.69. The van der Waals surface area contributed by atoms with Crippen LogP contribution in [0.1, 0.15) is 28.8 Å². The van der Waals surface area contributed by atoms with Crippen molar-refractivity contribution < 1.29 is 14.3 Å². The van der Waals surface area contributed by atoms with Crippen LogP contribution in [-0.4, -0.2) is 30.3 Å². The molecule has 6 heteroatoms. The Bertz CT molecular complexity index is 1150. The van der Waals surface area contributed by atoms with Gasteiger partial charge >= 0.3 is 0 Å². The number of rotatable bonds is 6. The number of methoxy groups -OCH3 is 1. The molecule has 1 saturated heterocycles. The van der Waals surface area contributed by atoms with Crippen LogP contribution in [0, 0.1) is 6.92 Å². The highest BCUT2D eigenvalue weighted by molar-refractivity contribution is 6.05. The predicted molar refractivity (Wildman–Crippen MR) is 121 cm³/mol. The second-order valence-electron chi connectivity index (χ2n) is 7.70. The monoisotopic (exact) mass is 418 g/mol. The molecule has 1 N–H and O–H groups in total. The summed E-state index contributed by atoms with van der Waals surface area (Å²) in [7, 11) is 1.63. The third-order valence-corrected chi connectivity index (χ3v) is 5.56. The van der Waals surface area contributed by atoms with E-state index in [0.29, 0.717) is 17.8 Å². The Morgan fingerprint density at radius 2 is 2.03 bits per heavy atom. The normalized spacial score (nSPS) is 15.6. The Labute approximate surface area is 181 Å². The first-order chi connectivity index (χ1) is 15.1. The number of benzene rings is 2. The van der Waals surface area contributed by atoms with Crippen LogP contribution in [0.4, 0.5) is 5.69 Å². The number of aromatic nitrogens is 1. The van der Waals surface area contributed by atoms with Gasteiger partial charge in [-0.15, -0.1) is 0 Å². The minimum Gasteiger partial charge on any atom is -0.496 e. The summed E-state index contributed by atoms with van der Waals surface area (Å²) in [4.78, 5) is 26.0. The van der Waals surface area contributed by atoms with Gasteiger partial charge in [-0.1, -0.05) is 30.3 Å². The van der Waals surface area contributed by atoms with Gasteiger partial charge in [-0.3, -0.25) is 9.59 Å². The van der Waals surface area contributed by atoms with E-state index in [9.17, 15) is 9.59 Å². The molecule has 0 aliphatic carbocycles. The van der Waals surface area contributed by atoms with Crippen LogP contribution in [0.2, 0.25) is 0 Å². The molecule has 0 bridgehead atoms. The van der Waals surface area contributed by atoms with Crippen molar-refractivity contribution in [3.05, 3.63) is 82.3 Å². The summed E-state index contributed by atoms with van der Waals surface area (Å²) in [5.41, 5.74) is 2.96. The van der Waals surface area contributed by atoms with Gasteiger partial charge in [-0.2, -0.15) is 0 Å². The minimum atomic E-state index is -0.415. The average Bonchev–Trinajstić information content (AvgIpc) is 3.29. The molecule has 0 saturated carbocycles. The van der Waals surface area contributed by atoms with E-state index in [1.165, 1.54) is 0 Å². The van der Waals surface area contributed by atoms with Gasteiger partial charge < -0.3 is 19.4 Å². The van der Waals surface area contributed by atoms with Gasteiger partial charge in [0.25, 0.3) is 11.5 Å². The van der Waals surface area contributed by atoms with Gasteiger partial charge in [0, 0.05) is 24.1 Å². The maximum atomic E-state index is 13.0. The van der Waals surface area contributed by atoms with E-state index < -0.39 is 5.91 Å². The highest BCUT2D eigenvalue weighted by Crippen LogP contribution is 2.31. The Kier molecular flexibility index (Phi) is 6.18. The fraction of sp³-hybridized carbons (Fsp3) is 0.280. The van der Waals surface area contributed by atoms with E-state index in [1.54, 1.807) is 36.9 Å². The van der Waals surface area contributed by atoms with Crippen LogP contribution in [0.25, 0.3) is 11.1 Å². The number of ether oxygens (including phenoxy) is 2. The summed E-state index contributed by atoms with van der Waals surface area (Å²) < 4.78 is 12.7. The number of para-hydroxylation sites is 1. The summed E-state index contributed by atoms with van der Waals surface area (Å²) in [5, 5.41) is 2.88. The molecule has 2 heterocycles. The van der Waals surface area contributed by atoms with E-state index >= 15 is 0 Å². The third kappa shape index (κ3) is 4.54. The lowest BCUT2D eigenvalue weighted by Crippen LogP contribution is -2.32. The fourth-order valence-corrected chi connectivity index (χ4v) is 3.93. The number of carbonyl (C=O) groups excluding carboxylic acids is 1. The Morgan fingerprint density at radius 3 is 2.81 bits per heavy atom. The molecule has 0 spiro atoms. The van der Waals surface area contributed by atoms with Gasteiger partial charge in [0.2, 0.25) is 0 Å². The van der Waals surface area contributed by atoms with Crippen molar-refractivity contribution in [2.75, 3.05) is 19.0 Å². The Hall–Kier alpha value is -3.38. The van der Waals surface area contributed by atoms with Gasteiger partial charge in [-0.05, 0) is 55.2 Å². The lowest BCUT2D eigenvalue weighted by Gasteiger charge is -2.15. The highest BCUT2D eigenvalue weighted by atomic mass is 16.5. The van der Waals surface area contributed by atoms with Crippen molar-refractivity contribution in [3.8, 4) is 16.9 Å². The number of anilines is 1. The smallest absolute Gasteiger partial charge is 0.263 e. The van der Waals surface area contributed by atoms with Gasteiger partial charge in [0.15, 0.2) is 0 Å². The maximum Gasteiger partial charge on any atom is 0.263 e. The number of hydrogen-bond acceptors (Lipinski definition) is 4. The maximum absolute atomic E-state index is 13.0. The van der Waals surface area contributed by atoms with Crippen molar-refractivity contribution in [1.29, 1.82) is 0 Å². The molecule has 1 fully saturated rings. The summed E-state index contributed by atoms with van der Waals surface area (Å²) in [5.74, 6) is 0.336. The quantitative estimate of drug-likeness (QED) is 0.649. The topological polar surface area (TPSA) is 69.6 Å². The zero-order valence-corrected chi connectivity index (χ0v) is 17.8. The highest BCUT2D eigenvalue weighted by Gasteiger charge is 2.20. The van der Waals surface area contributed by atoms with Crippen LogP contribution in [0.3, 0.4) is 0 Å². The third-order valence-electron chi connectivity index (χ3n) is 5.56. The zero-order chi connectivity index (χ0) is 21.8. The van der Waals surface area contributed by atoms with E-state index in [1.807, 2.05) is 42.5 Å². The molecule has 1 aromatic heterocycles. The predicted octanol–water partition coefficient (Wildman–Crippen LogP) is 4.26. The molecule has 1 unspecified atom stereocenters. The SMILES string of the molecule is COc1ccccc1-c1cccc(NC(=O)c2c(C)ccn(CC3CCCO3)c2=O)c1. The molecular weight excluding hydrogens is 392 g/mol. The molecule has 2 aromatic carbocycles. The van der Waals surface area contributed by atoms with E-state index in [2.05, 4.69) is 5.32 Å². The zero-order valence-electron chi connectivity index (χ0n) is 17.8. The van der Waals surface area contributed by atoms with Crippen molar-refractivity contribution in [2.24, 2.45) is 0 Å². The molecule has 1 aliphatic heterocycles. The van der Waals surface area contributed by atoms with Crippen LogP contribution in [-0.2, 0) is 11.3 Å². The summed E-state index contributed by atoms with van der Waals surface area (Å²) in [6.45, 7) is 2.96. The standard InChI is InChI=1S/C25H26N2O4/c1-17-12-13-27(16-20-9-6-14-31-20)25(29)23(17)24(28)26-19-8-5-7-18(15-19)21-10-3-4-11-22(21)30-2/h3-5,7-8,10-13,15,20H,6,9,14,16H2,1-2H3,(H,26,28). The molecule has 1 atom stereocenters. The first-order valence-corrected chi connectivity index (χ1v) is 10.4. The van der Waals surface area contributed by atoms with Crippen molar-refractivity contribution in [2.45, 2.75) is 32.4 Å². The number of aryl methyl sites for hydroxylation is 1. The number of pyridine rings is 1. The first kappa shape index (κ1) is 20.9. The second kappa shape index (κ2) is 9.18. The first-order valence-electron chi connectivity index (χ1n) is 10.4. The van der Waals surface area contributed by atoms with Crippen molar-refractivity contribution >= 4 is 11.6 Å². The molecular formula is C25H26N2O4. The average molecular weight is 418 g/mol. The Balaban J connectivity index is 1.59. The molecule has 0 radical (unpaired) electrons. The lowest BCUT2D eigenvalue weighted by atomic mass is 10.0. The number of amides is 1. The van der Waals surface area contributed by atoms with Gasteiger partial charge in [0.1, 0.15) is 11.3 Å². The van der Waals surface area contributed by atoms with E-state index in [4.69, 9.17) is 9.47 Å². The fourth-order valence-electron chi connectivity index (χ4n) is 3.93. The van der Waals surface area contributed by atoms with Crippen LogP contribution >= 0.6 is 0 Å². The minimum absolute atomic E-state index is 0.0221. The largest absolute Gasteiger partial charge is 0.496 e. The van der Waals surface area contributed by atoms with E-state index in [-0.39, 0.29) is 17.2 Å². The van der Waals surface area contributed by atoms with Crippen LogP contribution in [0.5, 0.6) is 5.75 Å². The lowest BCUT2D eigenvalue weighted by molar-refractivity contribution is 0.0952. The van der Waals surface area contributed by atoms with Crippen LogP contribution < -0.4 is 15.6 Å². The molecule has 160 valence electrons. The van der Waals surface area contributed by atoms with Crippen LogP contribution in [0.15, 0.2) is 65.6 Å².